The van der Waals surface area contributed by atoms with Gasteiger partial charge in [0, 0.05) is 19.6 Å². The van der Waals surface area contributed by atoms with E-state index in [1.165, 1.54) is 30.5 Å². The van der Waals surface area contributed by atoms with Crippen LogP contribution in [-0.4, -0.2) is 32.2 Å². The maximum absolute atomic E-state index is 5.45. The molecule has 1 aromatic carbocycles. The van der Waals surface area contributed by atoms with Gasteiger partial charge < -0.3 is 9.47 Å². The van der Waals surface area contributed by atoms with Gasteiger partial charge in [0.1, 0.15) is 0 Å². The van der Waals surface area contributed by atoms with E-state index in [0.717, 1.165) is 42.8 Å². The van der Waals surface area contributed by atoms with E-state index in [4.69, 9.17) is 9.47 Å². The molecule has 0 saturated heterocycles. The van der Waals surface area contributed by atoms with Gasteiger partial charge in [-0.2, -0.15) is 0 Å². The second kappa shape index (κ2) is 7.87. The van der Waals surface area contributed by atoms with Crippen molar-refractivity contribution >= 4 is 0 Å². The van der Waals surface area contributed by atoms with Crippen LogP contribution in [0.3, 0.4) is 0 Å². The first-order chi connectivity index (χ1) is 10.6. The first kappa shape index (κ1) is 17.1. The molecule has 0 fully saturated rings. The molecule has 0 saturated carbocycles. The lowest BCUT2D eigenvalue weighted by molar-refractivity contribution is 0.195. The Labute approximate surface area is 135 Å². The lowest BCUT2D eigenvalue weighted by atomic mass is 9.92. The molecule has 0 spiro atoms. The minimum absolute atomic E-state index is 0.784. The zero-order valence-electron chi connectivity index (χ0n) is 14.8. The zero-order valence-corrected chi connectivity index (χ0v) is 14.8. The van der Waals surface area contributed by atoms with Gasteiger partial charge in [0.05, 0.1) is 14.2 Å². The van der Waals surface area contributed by atoms with Crippen molar-refractivity contribution in [3.8, 4) is 11.5 Å². The van der Waals surface area contributed by atoms with Crippen LogP contribution in [0.5, 0.6) is 11.5 Å². The molecule has 0 radical (unpaired) electrons. The van der Waals surface area contributed by atoms with E-state index in [1.807, 2.05) is 0 Å². The largest absolute Gasteiger partial charge is 0.493 e. The highest BCUT2D eigenvalue weighted by molar-refractivity contribution is 5.48. The minimum atomic E-state index is 0.784. The molecule has 0 N–H and O–H groups in total. The van der Waals surface area contributed by atoms with Crippen molar-refractivity contribution in [3.63, 3.8) is 0 Å². The van der Waals surface area contributed by atoms with Crippen LogP contribution < -0.4 is 9.47 Å². The number of methoxy groups -OCH3 is 2. The van der Waals surface area contributed by atoms with Gasteiger partial charge in [0.25, 0.3) is 0 Å². The summed E-state index contributed by atoms with van der Waals surface area (Å²) in [4.78, 5) is 2.60. The molecule has 1 aliphatic rings. The molecule has 1 aromatic rings. The number of hydrogen-bond donors (Lipinski definition) is 0. The first-order valence-corrected chi connectivity index (χ1v) is 8.53. The van der Waals surface area contributed by atoms with Crippen molar-refractivity contribution < 1.29 is 9.47 Å². The normalized spacial score (nSPS) is 16.5. The van der Waals surface area contributed by atoms with Gasteiger partial charge in [0.2, 0.25) is 0 Å². The van der Waals surface area contributed by atoms with Crippen molar-refractivity contribution in [2.24, 2.45) is 11.8 Å². The molecule has 2 rings (SSSR count). The van der Waals surface area contributed by atoms with Crippen LogP contribution >= 0.6 is 0 Å². The van der Waals surface area contributed by atoms with E-state index in [9.17, 15) is 0 Å². The Balaban J connectivity index is 2.07. The van der Waals surface area contributed by atoms with Gasteiger partial charge in [-0.1, -0.05) is 27.2 Å². The van der Waals surface area contributed by atoms with Crippen LogP contribution in [0.1, 0.15) is 44.7 Å². The number of fused-ring (bicyclic) bond motifs is 1. The van der Waals surface area contributed by atoms with Gasteiger partial charge in [-0.15, -0.1) is 0 Å². The molecule has 1 unspecified atom stereocenters. The van der Waals surface area contributed by atoms with Crippen LogP contribution in [0, 0.1) is 11.8 Å². The standard InChI is InChI=1S/C19H31NO2/c1-6-15(9-14(2)3)12-20-8-7-16-10-18(21-4)19(22-5)11-17(16)13-20/h10-11,14-15H,6-9,12-13H2,1-5H3. The highest BCUT2D eigenvalue weighted by Crippen LogP contribution is 2.33. The monoisotopic (exact) mass is 305 g/mol. The number of ether oxygens (including phenoxy) is 2. The molecule has 3 nitrogen and oxygen atoms in total. The van der Waals surface area contributed by atoms with Crippen LogP contribution in [-0.2, 0) is 13.0 Å². The van der Waals surface area contributed by atoms with E-state index < -0.39 is 0 Å². The third kappa shape index (κ3) is 4.16. The summed E-state index contributed by atoms with van der Waals surface area (Å²) < 4.78 is 10.9. The lowest BCUT2D eigenvalue weighted by Crippen LogP contribution is -2.35. The fourth-order valence-corrected chi connectivity index (χ4v) is 3.50. The summed E-state index contributed by atoms with van der Waals surface area (Å²) >= 11 is 0. The van der Waals surface area contributed by atoms with E-state index in [2.05, 4.69) is 37.8 Å². The van der Waals surface area contributed by atoms with E-state index in [1.54, 1.807) is 14.2 Å². The van der Waals surface area contributed by atoms with E-state index >= 15 is 0 Å². The molecule has 124 valence electrons. The van der Waals surface area contributed by atoms with E-state index in [-0.39, 0.29) is 0 Å². The van der Waals surface area contributed by atoms with Crippen LogP contribution in [0.25, 0.3) is 0 Å². The Morgan fingerprint density at radius 1 is 1.09 bits per heavy atom. The SMILES string of the molecule is CCC(CC(C)C)CN1CCc2cc(OC)c(OC)cc2C1. The molecule has 0 aliphatic carbocycles. The summed E-state index contributed by atoms with van der Waals surface area (Å²) in [5.41, 5.74) is 2.80. The zero-order chi connectivity index (χ0) is 16.1. The van der Waals surface area contributed by atoms with Gasteiger partial charge >= 0.3 is 0 Å². The fourth-order valence-electron chi connectivity index (χ4n) is 3.50. The molecule has 1 atom stereocenters. The molecular formula is C19H31NO2. The molecule has 0 amide bonds. The molecule has 3 heteroatoms. The van der Waals surface area contributed by atoms with Gasteiger partial charge in [-0.05, 0) is 47.9 Å². The summed E-state index contributed by atoms with van der Waals surface area (Å²) in [6.45, 7) is 10.4. The lowest BCUT2D eigenvalue weighted by Gasteiger charge is -2.32. The van der Waals surface area contributed by atoms with Crippen LogP contribution in [0.2, 0.25) is 0 Å². The maximum Gasteiger partial charge on any atom is 0.161 e. The quantitative estimate of drug-likeness (QED) is 0.756. The van der Waals surface area contributed by atoms with Crippen LogP contribution in [0.4, 0.5) is 0 Å². The topological polar surface area (TPSA) is 21.7 Å². The fraction of sp³-hybridized carbons (Fsp3) is 0.684. The summed E-state index contributed by atoms with van der Waals surface area (Å²) in [5.74, 6) is 3.28. The Morgan fingerprint density at radius 3 is 2.27 bits per heavy atom. The van der Waals surface area contributed by atoms with Crippen molar-refractivity contribution in [1.29, 1.82) is 0 Å². The molecule has 22 heavy (non-hydrogen) atoms. The Kier molecular flexibility index (Phi) is 6.13. The summed E-state index contributed by atoms with van der Waals surface area (Å²) in [5, 5.41) is 0. The van der Waals surface area contributed by atoms with Gasteiger partial charge in [0.15, 0.2) is 11.5 Å². The van der Waals surface area contributed by atoms with Crippen molar-refractivity contribution in [3.05, 3.63) is 23.3 Å². The van der Waals surface area contributed by atoms with Crippen molar-refractivity contribution in [2.45, 2.75) is 46.6 Å². The predicted octanol–water partition coefficient (Wildman–Crippen LogP) is 4.13. The molecule has 0 aromatic heterocycles. The Hall–Kier alpha value is -1.22. The maximum atomic E-state index is 5.45. The van der Waals surface area contributed by atoms with Crippen molar-refractivity contribution in [2.75, 3.05) is 27.3 Å². The third-order valence-corrected chi connectivity index (χ3v) is 4.70. The van der Waals surface area contributed by atoms with Gasteiger partial charge in [-0.3, -0.25) is 4.90 Å². The predicted molar refractivity (Wildman–Crippen MR) is 91.8 cm³/mol. The Bertz CT molecular complexity index is 485. The van der Waals surface area contributed by atoms with Crippen molar-refractivity contribution in [1.82, 2.24) is 4.90 Å². The average Bonchev–Trinajstić information content (AvgIpc) is 2.52. The highest BCUT2D eigenvalue weighted by atomic mass is 16.5. The van der Waals surface area contributed by atoms with Crippen LogP contribution in [0.15, 0.2) is 12.1 Å². The number of rotatable bonds is 7. The number of benzene rings is 1. The average molecular weight is 305 g/mol. The second-order valence-electron chi connectivity index (χ2n) is 6.86. The summed E-state index contributed by atoms with van der Waals surface area (Å²) in [6.07, 6.45) is 3.70. The molecule has 0 bridgehead atoms. The summed E-state index contributed by atoms with van der Waals surface area (Å²) in [6, 6.07) is 4.31. The number of nitrogens with zero attached hydrogens (tertiary/aromatic N) is 1. The van der Waals surface area contributed by atoms with E-state index in [0.29, 0.717) is 0 Å². The molecular weight excluding hydrogens is 274 g/mol. The summed E-state index contributed by atoms with van der Waals surface area (Å²) in [7, 11) is 3.41. The smallest absolute Gasteiger partial charge is 0.161 e. The second-order valence-corrected chi connectivity index (χ2v) is 6.86. The first-order valence-electron chi connectivity index (χ1n) is 8.53. The molecule has 1 aliphatic heterocycles. The number of hydrogen-bond acceptors (Lipinski definition) is 3. The Morgan fingerprint density at radius 2 is 1.73 bits per heavy atom. The highest BCUT2D eigenvalue weighted by Gasteiger charge is 2.21. The third-order valence-electron chi connectivity index (χ3n) is 4.70. The molecule has 1 heterocycles. The van der Waals surface area contributed by atoms with Gasteiger partial charge in [-0.25, -0.2) is 0 Å². The minimum Gasteiger partial charge on any atom is -0.493 e.